The maximum atomic E-state index is 13.7. The van der Waals surface area contributed by atoms with Crippen LogP contribution in [0.1, 0.15) is 10.4 Å². The first-order valence-electron chi connectivity index (χ1n) is 7.90. The molecular weight excluding hydrogens is 357 g/mol. The zero-order valence-corrected chi connectivity index (χ0v) is 14.4. The van der Waals surface area contributed by atoms with E-state index in [1.54, 1.807) is 0 Å². The van der Waals surface area contributed by atoms with E-state index in [1.807, 2.05) is 30.3 Å². The molecule has 0 bridgehead atoms. The number of rotatable bonds is 5. The van der Waals surface area contributed by atoms with Gasteiger partial charge in [-0.2, -0.15) is 0 Å². The number of nitrogens with zero attached hydrogens (tertiary/aromatic N) is 2. The van der Waals surface area contributed by atoms with Crippen LogP contribution in [0.25, 0.3) is 11.3 Å². The Bertz CT molecular complexity index is 969. The first kappa shape index (κ1) is 17.8. The van der Waals surface area contributed by atoms with E-state index < -0.39 is 11.7 Å². The van der Waals surface area contributed by atoms with Crippen molar-refractivity contribution in [3.8, 4) is 11.3 Å². The third-order valence-electron chi connectivity index (χ3n) is 3.78. The van der Waals surface area contributed by atoms with Gasteiger partial charge in [0.05, 0.1) is 22.6 Å². The van der Waals surface area contributed by atoms with Crippen molar-refractivity contribution in [3.63, 3.8) is 0 Å². The second-order valence-corrected chi connectivity index (χ2v) is 5.93. The Balaban J connectivity index is 1.65. The van der Waals surface area contributed by atoms with Crippen LogP contribution in [-0.4, -0.2) is 22.0 Å². The van der Waals surface area contributed by atoms with Gasteiger partial charge in [0.25, 0.3) is 11.5 Å². The number of hydrogen-bond acceptors (Lipinski definition) is 3. The van der Waals surface area contributed by atoms with Crippen molar-refractivity contribution in [3.05, 3.63) is 87.7 Å². The summed E-state index contributed by atoms with van der Waals surface area (Å²) in [7, 11) is 0. The molecule has 1 heterocycles. The summed E-state index contributed by atoms with van der Waals surface area (Å²) in [6.45, 7) is 0.342. The van der Waals surface area contributed by atoms with Gasteiger partial charge >= 0.3 is 0 Å². The van der Waals surface area contributed by atoms with Gasteiger partial charge in [0, 0.05) is 24.7 Å². The molecular formula is C19H15ClFN3O2. The third kappa shape index (κ3) is 3.97. The van der Waals surface area contributed by atoms with E-state index >= 15 is 0 Å². The predicted molar refractivity (Wildman–Crippen MR) is 97.7 cm³/mol. The molecule has 0 aliphatic rings. The summed E-state index contributed by atoms with van der Waals surface area (Å²) in [5.74, 6) is -1.32. The van der Waals surface area contributed by atoms with Gasteiger partial charge in [0.1, 0.15) is 5.82 Å². The number of hydrogen-bond donors (Lipinski definition) is 1. The van der Waals surface area contributed by atoms with E-state index in [0.29, 0.717) is 5.69 Å². The molecule has 2 aromatic carbocycles. The van der Waals surface area contributed by atoms with Crippen LogP contribution < -0.4 is 10.9 Å². The quantitative estimate of drug-likeness (QED) is 0.749. The molecule has 0 saturated heterocycles. The van der Waals surface area contributed by atoms with Gasteiger partial charge in [-0.05, 0) is 12.1 Å². The van der Waals surface area contributed by atoms with Gasteiger partial charge < -0.3 is 5.32 Å². The molecule has 5 nitrogen and oxygen atoms in total. The van der Waals surface area contributed by atoms with Gasteiger partial charge in [-0.25, -0.2) is 9.37 Å². The highest BCUT2D eigenvalue weighted by Crippen LogP contribution is 2.18. The molecule has 0 aliphatic carbocycles. The minimum atomic E-state index is -0.693. The number of halogens is 2. The molecule has 0 aliphatic heterocycles. The Labute approximate surface area is 154 Å². The summed E-state index contributed by atoms with van der Waals surface area (Å²) in [5, 5.41) is 2.59. The van der Waals surface area contributed by atoms with Crippen LogP contribution in [-0.2, 0) is 6.54 Å². The van der Waals surface area contributed by atoms with Crippen LogP contribution in [0.5, 0.6) is 0 Å². The summed E-state index contributed by atoms with van der Waals surface area (Å²) in [4.78, 5) is 28.5. The first-order chi connectivity index (χ1) is 12.6. The van der Waals surface area contributed by atoms with Crippen molar-refractivity contribution in [1.82, 2.24) is 14.9 Å². The average Bonchev–Trinajstić information content (AvgIpc) is 2.63. The number of nitrogens with one attached hydrogen (secondary N) is 1. The number of carbonyl (C=O) groups excluding carboxylic acids is 1. The first-order valence-corrected chi connectivity index (χ1v) is 8.28. The van der Waals surface area contributed by atoms with Crippen molar-refractivity contribution in [1.29, 1.82) is 0 Å². The fraction of sp³-hybridized carbons (Fsp3) is 0.105. The highest BCUT2D eigenvalue weighted by Gasteiger charge is 2.15. The van der Waals surface area contributed by atoms with Crippen molar-refractivity contribution in [2.24, 2.45) is 0 Å². The fourth-order valence-corrected chi connectivity index (χ4v) is 2.70. The Kier molecular flexibility index (Phi) is 5.43. The van der Waals surface area contributed by atoms with Crippen LogP contribution in [0.4, 0.5) is 4.39 Å². The average molecular weight is 372 g/mol. The molecule has 1 aromatic heterocycles. The zero-order valence-electron chi connectivity index (χ0n) is 13.7. The van der Waals surface area contributed by atoms with E-state index in [4.69, 9.17) is 11.6 Å². The Hall–Kier alpha value is -2.99. The van der Waals surface area contributed by atoms with Gasteiger partial charge in [-0.15, -0.1) is 0 Å². The molecule has 0 fully saturated rings. The van der Waals surface area contributed by atoms with Crippen LogP contribution >= 0.6 is 11.6 Å². The Morgan fingerprint density at radius 2 is 1.92 bits per heavy atom. The molecule has 7 heteroatoms. The summed E-state index contributed by atoms with van der Waals surface area (Å²) in [6.07, 6.45) is 1.42. The van der Waals surface area contributed by atoms with Crippen LogP contribution in [0.3, 0.4) is 0 Å². The van der Waals surface area contributed by atoms with E-state index in [1.165, 1.54) is 29.1 Å². The largest absolute Gasteiger partial charge is 0.350 e. The predicted octanol–water partition coefficient (Wildman–Crippen LogP) is 3.13. The maximum absolute atomic E-state index is 13.7. The molecule has 0 spiro atoms. The lowest BCUT2D eigenvalue weighted by atomic mass is 10.1. The lowest BCUT2D eigenvalue weighted by Crippen LogP contribution is -2.31. The van der Waals surface area contributed by atoms with Crippen LogP contribution in [0.15, 0.2) is 65.7 Å². The molecule has 3 aromatic rings. The summed E-state index contributed by atoms with van der Waals surface area (Å²) >= 11 is 5.86. The molecule has 1 N–H and O–H groups in total. The van der Waals surface area contributed by atoms with Crippen molar-refractivity contribution < 1.29 is 9.18 Å². The second-order valence-electron chi connectivity index (χ2n) is 5.52. The van der Waals surface area contributed by atoms with Gasteiger partial charge in [-0.1, -0.05) is 48.0 Å². The fourth-order valence-electron chi connectivity index (χ4n) is 2.45. The Morgan fingerprint density at radius 3 is 2.62 bits per heavy atom. The molecule has 0 radical (unpaired) electrons. The molecule has 0 atom stereocenters. The summed E-state index contributed by atoms with van der Waals surface area (Å²) in [6, 6.07) is 14.8. The number of amides is 1. The monoisotopic (exact) mass is 371 g/mol. The number of aromatic nitrogens is 2. The highest BCUT2D eigenvalue weighted by atomic mass is 35.5. The second kappa shape index (κ2) is 7.93. The van der Waals surface area contributed by atoms with Crippen molar-refractivity contribution >= 4 is 17.5 Å². The number of benzene rings is 2. The van der Waals surface area contributed by atoms with E-state index in [2.05, 4.69) is 10.3 Å². The van der Waals surface area contributed by atoms with Gasteiger partial charge in [-0.3, -0.25) is 14.2 Å². The lowest BCUT2D eigenvalue weighted by molar-refractivity contribution is 0.0948. The minimum Gasteiger partial charge on any atom is -0.350 e. The van der Waals surface area contributed by atoms with E-state index in [9.17, 15) is 14.0 Å². The summed E-state index contributed by atoms with van der Waals surface area (Å²) < 4.78 is 15.1. The number of carbonyl (C=O) groups is 1. The molecule has 26 heavy (non-hydrogen) atoms. The van der Waals surface area contributed by atoms with E-state index in [-0.39, 0.29) is 29.2 Å². The standard InChI is InChI=1S/C19H15ClFN3O2/c20-14-7-4-8-15(21)18(14)19(26)22-9-10-24-12-23-16(11-17(24)25)13-5-2-1-3-6-13/h1-8,11-12H,9-10H2,(H,22,26). The minimum absolute atomic E-state index is 0.0357. The molecule has 0 saturated carbocycles. The van der Waals surface area contributed by atoms with Crippen LogP contribution in [0, 0.1) is 5.82 Å². The van der Waals surface area contributed by atoms with Crippen molar-refractivity contribution in [2.45, 2.75) is 6.54 Å². The molecule has 132 valence electrons. The highest BCUT2D eigenvalue weighted by molar-refractivity contribution is 6.33. The van der Waals surface area contributed by atoms with Gasteiger partial charge in [0.15, 0.2) is 0 Å². The normalized spacial score (nSPS) is 10.5. The lowest BCUT2D eigenvalue weighted by Gasteiger charge is -2.09. The van der Waals surface area contributed by atoms with E-state index in [0.717, 1.165) is 11.6 Å². The van der Waals surface area contributed by atoms with Crippen molar-refractivity contribution in [2.75, 3.05) is 6.54 Å². The molecule has 1 amide bonds. The zero-order chi connectivity index (χ0) is 18.5. The Morgan fingerprint density at radius 1 is 1.15 bits per heavy atom. The van der Waals surface area contributed by atoms with Gasteiger partial charge in [0.2, 0.25) is 0 Å². The summed E-state index contributed by atoms with van der Waals surface area (Å²) in [5.41, 5.74) is 0.976. The van der Waals surface area contributed by atoms with Crippen LogP contribution in [0.2, 0.25) is 5.02 Å². The third-order valence-corrected chi connectivity index (χ3v) is 4.09. The smallest absolute Gasteiger partial charge is 0.255 e. The topological polar surface area (TPSA) is 64.0 Å². The molecule has 3 rings (SSSR count). The SMILES string of the molecule is O=C(NCCn1cnc(-c2ccccc2)cc1=O)c1c(F)cccc1Cl. The maximum Gasteiger partial charge on any atom is 0.255 e. The molecule has 0 unspecified atom stereocenters.